The van der Waals surface area contributed by atoms with Crippen molar-refractivity contribution in [3.63, 3.8) is 0 Å². The number of imidazole rings is 1. The molecule has 3 aromatic rings. The van der Waals surface area contributed by atoms with Crippen LogP contribution in [0.15, 0.2) is 54.6 Å². The Hall–Kier alpha value is -3.08. The fourth-order valence-electron chi connectivity index (χ4n) is 2.11. The lowest BCUT2D eigenvalue weighted by molar-refractivity contribution is 0.0690. The van der Waals surface area contributed by atoms with E-state index in [0.29, 0.717) is 17.3 Å². The van der Waals surface area contributed by atoms with Gasteiger partial charge in [0, 0.05) is 11.3 Å². The van der Waals surface area contributed by atoms with Crippen molar-refractivity contribution in [1.82, 2.24) is 9.97 Å². The minimum atomic E-state index is -1.04. The highest BCUT2D eigenvalue weighted by molar-refractivity contribution is 5.87. The molecule has 0 spiro atoms. The molecule has 0 fully saturated rings. The normalized spacial score (nSPS) is 10.4. The fraction of sp³-hybridized carbons (Fsp3) is 0.0588. The minimum Gasteiger partial charge on any atom is -0.476 e. The largest absolute Gasteiger partial charge is 0.476 e. The van der Waals surface area contributed by atoms with E-state index < -0.39 is 5.97 Å². The maximum atomic E-state index is 11.0. The highest BCUT2D eigenvalue weighted by Gasteiger charge is 2.14. The minimum absolute atomic E-state index is 0.0413. The number of nitrogens with one attached hydrogen (secondary N) is 1. The van der Waals surface area contributed by atoms with E-state index in [1.807, 2.05) is 54.6 Å². The Kier molecular flexibility index (Phi) is 3.62. The van der Waals surface area contributed by atoms with E-state index in [0.717, 1.165) is 11.3 Å². The van der Waals surface area contributed by atoms with Crippen molar-refractivity contribution in [3.8, 4) is 22.9 Å². The molecule has 0 aliphatic heterocycles. The Balaban J connectivity index is 1.82. The second kappa shape index (κ2) is 5.73. The average molecular weight is 294 g/mol. The second-order valence-electron chi connectivity index (χ2n) is 4.80. The molecular weight excluding hydrogens is 280 g/mol. The molecule has 5 nitrogen and oxygen atoms in total. The van der Waals surface area contributed by atoms with Gasteiger partial charge in [-0.15, -0.1) is 0 Å². The van der Waals surface area contributed by atoms with Crippen LogP contribution < -0.4 is 4.74 Å². The van der Waals surface area contributed by atoms with E-state index in [1.54, 1.807) is 6.92 Å². The molecule has 0 saturated heterocycles. The highest BCUT2D eigenvalue weighted by atomic mass is 16.5. The van der Waals surface area contributed by atoms with E-state index in [4.69, 9.17) is 9.84 Å². The lowest BCUT2D eigenvalue weighted by Crippen LogP contribution is -1.98. The van der Waals surface area contributed by atoms with E-state index in [2.05, 4.69) is 9.97 Å². The summed E-state index contributed by atoms with van der Waals surface area (Å²) in [7, 11) is 0. The summed E-state index contributed by atoms with van der Waals surface area (Å²) in [5.74, 6) is 0.958. The monoisotopic (exact) mass is 294 g/mol. The molecule has 0 aliphatic rings. The molecule has 0 radical (unpaired) electrons. The molecule has 0 saturated carbocycles. The van der Waals surface area contributed by atoms with Gasteiger partial charge in [0.15, 0.2) is 5.69 Å². The van der Waals surface area contributed by atoms with E-state index >= 15 is 0 Å². The number of hydrogen-bond acceptors (Lipinski definition) is 3. The molecule has 2 aromatic carbocycles. The third-order valence-corrected chi connectivity index (χ3v) is 3.19. The molecule has 5 heteroatoms. The van der Waals surface area contributed by atoms with Crippen molar-refractivity contribution >= 4 is 5.97 Å². The zero-order chi connectivity index (χ0) is 15.5. The van der Waals surface area contributed by atoms with Gasteiger partial charge in [0.2, 0.25) is 0 Å². The van der Waals surface area contributed by atoms with Crippen LogP contribution in [0.4, 0.5) is 0 Å². The maximum Gasteiger partial charge on any atom is 0.356 e. The van der Waals surface area contributed by atoms with Crippen LogP contribution in [0, 0.1) is 6.92 Å². The topological polar surface area (TPSA) is 75.2 Å². The standard InChI is InChI=1S/C17H14N2O3/c1-11-15(17(20)21)19-16(18-11)12-7-9-14(10-8-12)22-13-5-3-2-4-6-13/h2-10H,1H3,(H,18,19)(H,20,21). The van der Waals surface area contributed by atoms with Gasteiger partial charge < -0.3 is 14.8 Å². The van der Waals surface area contributed by atoms with Gasteiger partial charge in [0.05, 0.1) is 0 Å². The SMILES string of the molecule is Cc1[nH]c(-c2ccc(Oc3ccccc3)cc2)nc1C(=O)O. The summed E-state index contributed by atoms with van der Waals surface area (Å²) in [6.45, 7) is 1.69. The quantitative estimate of drug-likeness (QED) is 0.765. The van der Waals surface area contributed by atoms with Gasteiger partial charge in [0.1, 0.15) is 17.3 Å². The number of benzene rings is 2. The predicted octanol–water partition coefficient (Wildman–Crippen LogP) is 3.88. The third kappa shape index (κ3) is 2.83. The van der Waals surface area contributed by atoms with Gasteiger partial charge in [-0.1, -0.05) is 18.2 Å². The van der Waals surface area contributed by atoms with Gasteiger partial charge >= 0.3 is 5.97 Å². The Morgan fingerprint density at radius 1 is 1.05 bits per heavy atom. The van der Waals surface area contributed by atoms with Crippen LogP contribution in [-0.4, -0.2) is 21.0 Å². The van der Waals surface area contributed by atoms with Crippen molar-refractivity contribution in [2.24, 2.45) is 0 Å². The molecule has 0 atom stereocenters. The number of aromatic nitrogens is 2. The van der Waals surface area contributed by atoms with Crippen molar-refractivity contribution in [1.29, 1.82) is 0 Å². The van der Waals surface area contributed by atoms with Crippen LogP contribution in [0.3, 0.4) is 0 Å². The van der Waals surface area contributed by atoms with Gasteiger partial charge in [-0.3, -0.25) is 0 Å². The highest BCUT2D eigenvalue weighted by Crippen LogP contribution is 2.25. The van der Waals surface area contributed by atoms with E-state index in [-0.39, 0.29) is 5.69 Å². The summed E-state index contributed by atoms with van der Waals surface area (Å²) < 4.78 is 5.71. The number of carboxylic acid groups (broad SMARTS) is 1. The van der Waals surface area contributed by atoms with Crippen LogP contribution >= 0.6 is 0 Å². The van der Waals surface area contributed by atoms with Crippen LogP contribution in [0.2, 0.25) is 0 Å². The number of para-hydroxylation sites is 1. The number of H-pyrrole nitrogens is 1. The molecule has 0 unspecified atom stereocenters. The zero-order valence-corrected chi connectivity index (χ0v) is 11.9. The second-order valence-corrected chi connectivity index (χ2v) is 4.80. The Labute approximate surface area is 127 Å². The fourth-order valence-corrected chi connectivity index (χ4v) is 2.11. The van der Waals surface area contributed by atoms with Crippen LogP contribution in [0.25, 0.3) is 11.4 Å². The zero-order valence-electron chi connectivity index (χ0n) is 11.9. The molecule has 0 bridgehead atoms. The summed E-state index contributed by atoms with van der Waals surface area (Å²) in [5.41, 5.74) is 1.38. The third-order valence-electron chi connectivity index (χ3n) is 3.19. The van der Waals surface area contributed by atoms with Crippen LogP contribution in [0.5, 0.6) is 11.5 Å². The summed E-state index contributed by atoms with van der Waals surface area (Å²) >= 11 is 0. The van der Waals surface area contributed by atoms with Crippen molar-refractivity contribution < 1.29 is 14.6 Å². The molecular formula is C17H14N2O3. The average Bonchev–Trinajstić information content (AvgIpc) is 2.91. The molecule has 0 amide bonds. The predicted molar refractivity (Wildman–Crippen MR) is 82.2 cm³/mol. The number of nitrogens with zero attached hydrogens (tertiary/aromatic N) is 1. The van der Waals surface area contributed by atoms with Gasteiger partial charge in [-0.25, -0.2) is 9.78 Å². The Bertz CT molecular complexity index is 793. The van der Waals surface area contributed by atoms with Crippen LogP contribution in [0.1, 0.15) is 16.2 Å². The number of carbonyl (C=O) groups is 1. The van der Waals surface area contributed by atoms with Gasteiger partial charge in [-0.05, 0) is 43.3 Å². The van der Waals surface area contributed by atoms with Crippen LogP contribution in [-0.2, 0) is 0 Å². The maximum absolute atomic E-state index is 11.0. The first-order chi connectivity index (χ1) is 10.6. The summed E-state index contributed by atoms with van der Waals surface area (Å²) in [6, 6.07) is 16.8. The first-order valence-electron chi connectivity index (χ1n) is 6.77. The number of ether oxygens (including phenoxy) is 1. The number of aromatic carboxylic acids is 1. The van der Waals surface area contributed by atoms with Crippen molar-refractivity contribution in [3.05, 3.63) is 66.0 Å². The molecule has 22 heavy (non-hydrogen) atoms. The molecule has 110 valence electrons. The lowest BCUT2D eigenvalue weighted by atomic mass is 10.2. The first kappa shape index (κ1) is 13.9. The number of rotatable bonds is 4. The number of aromatic amines is 1. The molecule has 1 heterocycles. The number of hydrogen-bond donors (Lipinski definition) is 2. The van der Waals surface area contributed by atoms with Crippen molar-refractivity contribution in [2.45, 2.75) is 6.92 Å². The molecule has 0 aliphatic carbocycles. The summed E-state index contributed by atoms with van der Waals surface area (Å²) in [4.78, 5) is 18.1. The first-order valence-corrected chi connectivity index (χ1v) is 6.77. The summed E-state index contributed by atoms with van der Waals surface area (Å²) in [6.07, 6.45) is 0. The Morgan fingerprint density at radius 3 is 2.27 bits per heavy atom. The smallest absolute Gasteiger partial charge is 0.356 e. The summed E-state index contributed by atoms with van der Waals surface area (Å²) in [5, 5.41) is 9.03. The number of carboxylic acids is 1. The Morgan fingerprint density at radius 2 is 1.68 bits per heavy atom. The van der Waals surface area contributed by atoms with Gasteiger partial charge in [0.25, 0.3) is 0 Å². The molecule has 3 rings (SSSR count). The van der Waals surface area contributed by atoms with Gasteiger partial charge in [-0.2, -0.15) is 0 Å². The number of aryl methyl sites for hydroxylation is 1. The molecule has 1 aromatic heterocycles. The van der Waals surface area contributed by atoms with Crippen molar-refractivity contribution in [2.75, 3.05) is 0 Å². The lowest BCUT2D eigenvalue weighted by Gasteiger charge is -2.05. The van der Waals surface area contributed by atoms with E-state index in [9.17, 15) is 4.79 Å². The molecule has 2 N–H and O–H groups in total. The van der Waals surface area contributed by atoms with E-state index in [1.165, 1.54) is 0 Å².